The van der Waals surface area contributed by atoms with Gasteiger partial charge in [-0.2, -0.15) is 0 Å². The normalized spacial score (nSPS) is 10.8. The number of allylic oxidation sites excluding steroid dienone is 1. The Morgan fingerprint density at radius 2 is 1.78 bits per heavy atom. The number of nitrogens with zero attached hydrogens (tertiary/aromatic N) is 3. The first-order valence-electron chi connectivity index (χ1n) is 9.58. The molecule has 0 aliphatic rings. The highest BCUT2D eigenvalue weighted by Crippen LogP contribution is 2.32. The highest BCUT2D eigenvalue weighted by Gasteiger charge is 2.15. The van der Waals surface area contributed by atoms with Crippen LogP contribution in [0.3, 0.4) is 0 Å². The monoisotopic (exact) mass is 510 g/mol. The molecule has 3 rings (SSSR count). The lowest BCUT2D eigenvalue weighted by atomic mass is 10.1. The molecule has 0 fully saturated rings. The van der Waals surface area contributed by atoms with Crippen LogP contribution < -0.4 is 10.1 Å². The van der Waals surface area contributed by atoms with Crippen molar-refractivity contribution in [3.63, 3.8) is 0 Å². The number of amides is 1. The summed E-state index contributed by atoms with van der Waals surface area (Å²) in [5.41, 5.74) is 2.63. The fraction of sp³-hybridized carbons (Fsp3) is 0.227. The number of aromatic nitrogens is 3. The fourth-order valence-corrected chi connectivity index (χ4v) is 4.30. The van der Waals surface area contributed by atoms with Gasteiger partial charge in [0, 0.05) is 6.54 Å². The molecule has 1 N–H and O–H groups in total. The van der Waals surface area contributed by atoms with E-state index in [0.29, 0.717) is 38.3 Å². The number of halogens is 3. The Kier molecular flexibility index (Phi) is 8.48. The van der Waals surface area contributed by atoms with Crippen molar-refractivity contribution >= 4 is 58.2 Å². The van der Waals surface area contributed by atoms with Crippen molar-refractivity contribution in [3.8, 4) is 5.75 Å². The molecule has 0 bridgehead atoms. The van der Waals surface area contributed by atoms with Crippen LogP contribution >= 0.6 is 46.6 Å². The van der Waals surface area contributed by atoms with Crippen LogP contribution in [0.4, 0.5) is 5.69 Å². The summed E-state index contributed by atoms with van der Waals surface area (Å²) in [6.45, 7) is 8.56. The van der Waals surface area contributed by atoms with Gasteiger partial charge in [0.2, 0.25) is 5.91 Å². The number of carbonyl (C=O) groups excluding carboxylic acids is 1. The van der Waals surface area contributed by atoms with Gasteiger partial charge in [-0.25, -0.2) is 0 Å². The van der Waals surface area contributed by atoms with Gasteiger partial charge in [-0.05, 0) is 49.2 Å². The van der Waals surface area contributed by atoms with Crippen molar-refractivity contribution in [1.29, 1.82) is 0 Å². The topological polar surface area (TPSA) is 69.0 Å². The van der Waals surface area contributed by atoms with Crippen LogP contribution in [-0.2, 0) is 17.9 Å². The lowest BCUT2D eigenvalue weighted by molar-refractivity contribution is -0.113. The highest BCUT2D eigenvalue weighted by molar-refractivity contribution is 7.99. The molecule has 0 aliphatic carbocycles. The average molecular weight is 512 g/mol. The zero-order valence-electron chi connectivity index (χ0n) is 17.5. The maximum atomic E-state index is 12.4. The third-order valence-corrected chi connectivity index (χ3v) is 6.29. The van der Waals surface area contributed by atoms with E-state index < -0.39 is 0 Å². The summed E-state index contributed by atoms with van der Waals surface area (Å²) < 4.78 is 7.77. The number of rotatable bonds is 9. The highest BCUT2D eigenvalue weighted by atomic mass is 35.5. The maximum absolute atomic E-state index is 12.4. The summed E-state index contributed by atoms with van der Waals surface area (Å²) >= 11 is 19.3. The number of hydrogen-bond acceptors (Lipinski definition) is 5. The van der Waals surface area contributed by atoms with E-state index in [2.05, 4.69) is 28.2 Å². The SMILES string of the molecule is C=CCn1c(COc2cc(C)cc(C)c2)nnc1SCC(=O)Nc1cc(Cl)c(Cl)cc1Cl. The van der Waals surface area contributed by atoms with Gasteiger partial charge >= 0.3 is 0 Å². The zero-order chi connectivity index (χ0) is 23.3. The first-order valence-corrected chi connectivity index (χ1v) is 11.7. The molecule has 0 aliphatic heterocycles. The molecule has 1 amide bonds. The van der Waals surface area contributed by atoms with Gasteiger partial charge in [0.05, 0.1) is 26.5 Å². The van der Waals surface area contributed by atoms with E-state index in [-0.39, 0.29) is 18.3 Å². The van der Waals surface area contributed by atoms with Gasteiger partial charge in [0.25, 0.3) is 0 Å². The summed E-state index contributed by atoms with van der Waals surface area (Å²) in [6, 6.07) is 9.01. The van der Waals surface area contributed by atoms with Crippen LogP contribution in [0.25, 0.3) is 0 Å². The molecule has 10 heteroatoms. The summed E-state index contributed by atoms with van der Waals surface area (Å²) in [5.74, 6) is 1.24. The number of nitrogens with one attached hydrogen (secondary N) is 1. The van der Waals surface area contributed by atoms with Crippen LogP contribution in [0, 0.1) is 13.8 Å². The minimum Gasteiger partial charge on any atom is -0.486 e. The smallest absolute Gasteiger partial charge is 0.234 e. The number of thioether (sulfide) groups is 1. The van der Waals surface area contributed by atoms with Crippen molar-refractivity contribution in [1.82, 2.24) is 14.8 Å². The minimum absolute atomic E-state index is 0.101. The molecule has 0 atom stereocenters. The largest absolute Gasteiger partial charge is 0.486 e. The van der Waals surface area contributed by atoms with E-state index in [1.807, 2.05) is 30.5 Å². The first-order chi connectivity index (χ1) is 15.3. The van der Waals surface area contributed by atoms with Crippen LogP contribution in [0.5, 0.6) is 5.75 Å². The molecule has 1 heterocycles. The first kappa shape index (κ1) is 24.5. The van der Waals surface area contributed by atoms with Crippen molar-refractivity contribution < 1.29 is 9.53 Å². The Morgan fingerprint density at radius 1 is 1.09 bits per heavy atom. The number of ether oxygens (including phenoxy) is 1. The van der Waals surface area contributed by atoms with E-state index >= 15 is 0 Å². The number of carbonyl (C=O) groups is 1. The second kappa shape index (κ2) is 11.1. The second-order valence-corrected chi connectivity index (χ2v) is 9.16. The van der Waals surface area contributed by atoms with E-state index in [1.54, 1.807) is 6.08 Å². The predicted molar refractivity (Wildman–Crippen MR) is 131 cm³/mol. The Balaban J connectivity index is 1.65. The number of aryl methyl sites for hydroxylation is 2. The summed E-state index contributed by atoms with van der Waals surface area (Å²) in [4.78, 5) is 12.4. The van der Waals surface area contributed by atoms with Crippen LogP contribution in [0.2, 0.25) is 15.1 Å². The van der Waals surface area contributed by atoms with Gasteiger partial charge in [0.15, 0.2) is 11.0 Å². The molecular formula is C22H21Cl3N4O2S. The molecular weight excluding hydrogens is 491 g/mol. The minimum atomic E-state index is -0.267. The summed E-state index contributed by atoms with van der Waals surface area (Å²) in [5, 5.41) is 12.7. The molecule has 6 nitrogen and oxygen atoms in total. The maximum Gasteiger partial charge on any atom is 0.234 e. The van der Waals surface area contributed by atoms with Crippen LogP contribution in [-0.4, -0.2) is 26.4 Å². The standard InChI is InChI=1S/C22H21Cl3N4O2S/c1-4-5-29-20(11-31-15-7-13(2)6-14(3)8-15)27-28-22(29)32-12-21(30)26-19-10-17(24)16(23)9-18(19)25/h4,6-10H,1,5,11-12H2,2-3H3,(H,26,30). The Bertz CT molecular complexity index is 1130. The third-order valence-electron chi connectivity index (χ3n) is 4.28. The molecule has 168 valence electrons. The van der Waals surface area contributed by atoms with Crippen LogP contribution in [0.1, 0.15) is 17.0 Å². The van der Waals surface area contributed by atoms with Crippen LogP contribution in [0.15, 0.2) is 48.1 Å². The molecule has 0 saturated heterocycles. The van der Waals surface area contributed by atoms with Gasteiger partial charge in [-0.15, -0.1) is 16.8 Å². The second-order valence-electron chi connectivity index (χ2n) is 6.99. The predicted octanol–water partition coefficient (Wildman–Crippen LogP) is 6.35. The van der Waals surface area contributed by atoms with Gasteiger partial charge in [-0.3, -0.25) is 9.36 Å². The number of anilines is 1. The third kappa shape index (κ3) is 6.42. The van der Waals surface area contributed by atoms with E-state index in [9.17, 15) is 4.79 Å². The summed E-state index contributed by atoms with van der Waals surface area (Å²) in [7, 11) is 0. The molecule has 3 aromatic rings. The summed E-state index contributed by atoms with van der Waals surface area (Å²) in [6.07, 6.45) is 1.74. The molecule has 0 saturated carbocycles. The average Bonchev–Trinajstić information content (AvgIpc) is 3.10. The number of hydrogen-bond donors (Lipinski definition) is 1. The Morgan fingerprint density at radius 3 is 2.47 bits per heavy atom. The van der Waals surface area contributed by atoms with E-state index in [4.69, 9.17) is 39.5 Å². The van der Waals surface area contributed by atoms with Crippen molar-refractivity contribution in [2.24, 2.45) is 0 Å². The Labute approximate surface area is 205 Å². The van der Waals surface area contributed by atoms with Gasteiger partial charge in [0.1, 0.15) is 12.4 Å². The number of benzene rings is 2. The molecule has 0 radical (unpaired) electrons. The molecule has 0 spiro atoms. The van der Waals surface area contributed by atoms with Crippen molar-refractivity contribution in [2.75, 3.05) is 11.1 Å². The van der Waals surface area contributed by atoms with Gasteiger partial charge < -0.3 is 10.1 Å². The molecule has 0 unspecified atom stereocenters. The Hall–Kier alpha value is -2.19. The van der Waals surface area contributed by atoms with Gasteiger partial charge in [-0.1, -0.05) is 58.7 Å². The lowest BCUT2D eigenvalue weighted by Gasteiger charge is -2.11. The van der Waals surface area contributed by atoms with E-state index in [1.165, 1.54) is 23.9 Å². The molecule has 2 aromatic carbocycles. The lowest BCUT2D eigenvalue weighted by Crippen LogP contribution is -2.15. The quantitative estimate of drug-likeness (QED) is 0.206. The molecule has 32 heavy (non-hydrogen) atoms. The van der Waals surface area contributed by atoms with Crippen molar-refractivity contribution in [3.05, 3.63) is 75.0 Å². The van der Waals surface area contributed by atoms with E-state index in [0.717, 1.165) is 16.9 Å². The van der Waals surface area contributed by atoms with Crippen molar-refractivity contribution in [2.45, 2.75) is 32.2 Å². The fourth-order valence-electron chi connectivity index (χ4n) is 2.94. The zero-order valence-corrected chi connectivity index (χ0v) is 20.6. The molecule has 1 aromatic heterocycles.